The van der Waals surface area contributed by atoms with Crippen LogP contribution in [0, 0.1) is 11.3 Å². The molecule has 0 aromatic rings. The highest BCUT2D eigenvalue weighted by Crippen LogP contribution is 2.10. The Morgan fingerprint density at radius 2 is 2.06 bits per heavy atom. The molecular formula is C12H24N4. The fourth-order valence-electron chi connectivity index (χ4n) is 1.94. The van der Waals surface area contributed by atoms with Gasteiger partial charge < -0.3 is 15.1 Å². The highest BCUT2D eigenvalue weighted by Gasteiger charge is 2.22. The number of hydrogen-bond acceptors (Lipinski definition) is 4. The van der Waals surface area contributed by atoms with Gasteiger partial charge in [-0.2, -0.15) is 5.26 Å². The van der Waals surface area contributed by atoms with Crippen LogP contribution in [0.4, 0.5) is 0 Å². The Morgan fingerprint density at radius 3 is 2.69 bits per heavy atom. The van der Waals surface area contributed by atoms with Crippen molar-refractivity contribution in [1.82, 2.24) is 15.1 Å². The topological polar surface area (TPSA) is 42.3 Å². The molecule has 0 saturated carbocycles. The minimum Gasteiger partial charge on any atom is -0.305 e. The lowest BCUT2D eigenvalue weighted by molar-refractivity contribution is 0.252. The highest BCUT2D eigenvalue weighted by atomic mass is 15.2. The molecular weight excluding hydrogens is 200 g/mol. The van der Waals surface area contributed by atoms with Gasteiger partial charge in [-0.05, 0) is 47.0 Å². The molecule has 1 atom stereocenters. The molecule has 0 aromatic carbocycles. The first-order valence-electron chi connectivity index (χ1n) is 6.11. The Bertz CT molecular complexity index is 248. The molecule has 1 saturated heterocycles. The zero-order chi connectivity index (χ0) is 12.0. The van der Waals surface area contributed by atoms with Crippen LogP contribution in [0.5, 0.6) is 0 Å². The molecule has 1 fully saturated rings. The van der Waals surface area contributed by atoms with Crippen LogP contribution in [0.15, 0.2) is 0 Å². The largest absolute Gasteiger partial charge is 0.305 e. The predicted octanol–water partition coefficient (Wildman–Crippen LogP) is 0.516. The minimum absolute atomic E-state index is 0.377. The van der Waals surface area contributed by atoms with Crippen LogP contribution >= 0.6 is 0 Å². The summed E-state index contributed by atoms with van der Waals surface area (Å²) >= 11 is 0. The van der Waals surface area contributed by atoms with Crippen molar-refractivity contribution in [2.75, 3.05) is 46.8 Å². The maximum atomic E-state index is 9.07. The first kappa shape index (κ1) is 13.4. The van der Waals surface area contributed by atoms with Crippen molar-refractivity contribution in [3.8, 4) is 6.07 Å². The minimum atomic E-state index is -0.377. The van der Waals surface area contributed by atoms with Gasteiger partial charge in [0.2, 0.25) is 0 Å². The van der Waals surface area contributed by atoms with E-state index < -0.39 is 0 Å². The molecule has 4 heteroatoms. The summed E-state index contributed by atoms with van der Waals surface area (Å²) in [6.07, 6.45) is 2.13. The monoisotopic (exact) mass is 224 g/mol. The van der Waals surface area contributed by atoms with Crippen molar-refractivity contribution in [2.24, 2.45) is 0 Å². The van der Waals surface area contributed by atoms with E-state index in [0.29, 0.717) is 0 Å². The summed E-state index contributed by atoms with van der Waals surface area (Å²) in [6, 6.07) is 2.34. The van der Waals surface area contributed by atoms with Crippen LogP contribution in [-0.2, 0) is 0 Å². The van der Waals surface area contributed by atoms with E-state index in [1.807, 2.05) is 14.0 Å². The zero-order valence-electron chi connectivity index (χ0n) is 10.8. The molecule has 1 aliphatic heterocycles. The van der Waals surface area contributed by atoms with Gasteiger partial charge in [-0.1, -0.05) is 0 Å². The second-order valence-corrected chi connectivity index (χ2v) is 4.94. The van der Waals surface area contributed by atoms with E-state index in [1.165, 1.54) is 13.0 Å². The lowest BCUT2D eigenvalue weighted by Crippen LogP contribution is -2.42. The molecule has 92 valence electrons. The van der Waals surface area contributed by atoms with Gasteiger partial charge in [0.05, 0.1) is 6.07 Å². The average Bonchev–Trinajstić information content (AvgIpc) is 2.51. The number of likely N-dealkylation sites (N-methyl/N-ethyl adjacent to an activating group) is 1. The highest BCUT2D eigenvalue weighted by molar-refractivity contribution is 5.03. The molecule has 0 amide bonds. The van der Waals surface area contributed by atoms with Crippen molar-refractivity contribution in [2.45, 2.75) is 25.3 Å². The molecule has 1 N–H and O–H groups in total. The molecule has 1 rings (SSSR count). The van der Waals surface area contributed by atoms with E-state index in [-0.39, 0.29) is 5.54 Å². The van der Waals surface area contributed by atoms with Gasteiger partial charge in [0, 0.05) is 19.6 Å². The molecule has 0 aromatic heterocycles. The third-order valence-electron chi connectivity index (χ3n) is 3.54. The number of nitrogens with zero attached hydrogens (tertiary/aromatic N) is 3. The lowest BCUT2D eigenvalue weighted by atomic mass is 10.00. The second-order valence-electron chi connectivity index (χ2n) is 4.94. The van der Waals surface area contributed by atoms with E-state index in [1.54, 1.807) is 0 Å². The molecule has 0 radical (unpaired) electrons. The Balaban J connectivity index is 2.35. The van der Waals surface area contributed by atoms with Crippen LogP contribution in [0.2, 0.25) is 0 Å². The Kier molecular flexibility index (Phi) is 5.20. The van der Waals surface area contributed by atoms with E-state index in [9.17, 15) is 0 Å². The van der Waals surface area contributed by atoms with Gasteiger partial charge in [-0.25, -0.2) is 0 Å². The van der Waals surface area contributed by atoms with Crippen molar-refractivity contribution in [1.29, 1.82) is 5.26 Å². The quantitative estimate of drug-likeness (QED) is 0.756. The Morgan fingerprint density at radius 1 is 1.31 bits per heavy atom. The van der Waals surface area contributed by atoms with Gasteiger partial charge in [-0.15, -0.1) is 0 Å². The maximum Gasteiger partial charge on any atom is 0.104 e. The third kappa shape index (κ3) is 4.09. The Hall–Kier alpha value is -0.630. The van der Waals surface area contributed by atoms with E-state index in [4.69, 9.17) is 5.26 Å². The summed E-state index contributed by atoms with van der Waals surface area (Å²) in [5.74, 6) is 0. The van der Waals surface area contributed by atoms with Crippen LogP contribution in [0.1, 0.15) is 19.8 Å². The second kappa shape index (κ2) is 6.19. The number of nitrogens with one attached hydrogen (secondary N) is 1. The van der Waals surface area contributed by atoms with Crippen LogP contribution in [-0.4, -0.2) is 62.2 Å². The molecule has 0 bridgehead atoms. The van der Waals surface area contributed by atoms with E-state index in [2.05, 4.69) is 28.2 Å². The molecule has 1 aliphatic rings. The summed E-state index contributed by atoms with van der Waals surface area (Å²) in [6.45, 7) is 7.60. The summed E-state index contributed by atoms with van der Waals surface area (Å²) < 4.78 is 0. The van der Waals surface area contributed by atoms with Crippen LogP contribution in [0.25, 0.3) is 0 Å². The maximum absolute atomic E-state index is 9.07. The van der Waals surface area contributed by atoms with Gasteiger partial charge in [0.15, 0.2) is 0 Å². The SMILES string of the molecule is CNC(C)(C#N)CCN1CCCN(C)CC1. The van der Waals surface area contributed by atoms with Crippen molar-refractivity contribution < 1.29 is 0 Å². The molecule has 1 heterocycles. The smallest absolute Gasteiger partial charge is 0.104 e. The van der Waals surface area contributed by atoms with Crippen molar-refractivity contribution in [3.05, 3.63) is 0 Å². The number of nitriles is 1. The van der Waals surface area contributed by atoms with Crippen molar-refractivity contribution >= 4 is 0 Å². The molecule has 0 spiro atoms. The normalized spacial score (nSPS) is 23.4. The predicted molar refractivity (Wildman–Crippen MR) is 66.2 cm³/mol. The average molecular weight is 224 g/mol. The molecule has 1 unspecified atom stereocenters. The summed E-state index contributed by atoms with van der Waals surface area (Å²) in [5, 5.41) is 12.2. The first-order chi connectivity index (χ1) is 7.59. The number of rotatable bonds is 4. The standard InChI is InChI=1S/C12H24N4/c1-12(11-13,14-2)5-8-16-7-4-6-15(3)9-10-16/h14H,4-10H2,1-3H3. The molecule has 0 aliphatic carbocycles. The van der Waals surface area contributed by atoms with Crippen LogP contribution in [0.3, 0.4) is 0 Å². The summed E-state index contributed by atoms with van der Waals surface area (Å²) in [4.78, 5) is 4.85. The van der Waals surface area contributed by atoms with Gasteiger partial charge in [0.25, 0.3) is 0 Å². The summed E-state index contributed by atoms with van der Waals surface area (Å²) in [5.41, 5.74) is -0.377. The first-order valence-corrected chi connectivity index (χ1v) is 6.11. The lowest BCUT2D eigenvalue weighted by Gasteiger charge is -2.26. The molecule has 4 nitrogen and oxygen atoms in total. The van der Waals surface area contributed by atoms with Crippen LogP contribution < -0.4 is 5.32 Å². The number of hydrogen-bond donors (Lipinski definition) is 1. The third-order valence-corrected chi connectivity index (χ3v) is 3.54. The molecule has 16 heavy (non-hydrogen) atoms. The van der Waals surface area contributed by atoms with Gasteiger partial charge >= 0.3 is 0 Å². The van der Waals surface area contributed by atoms with E-state index >= 15 is 0 Å². The zero-order valence-corrected chi connectivity index (χ0v) is 10.8. The van der Waals surface area contributed by atoms with Gasteiger partial charge in [0.1, 0.15) is 5.54 Å². The Labute approximate surface area is 99.2 Å². The summed E-state index contributed by atoms with van der Waals surface area (Å²) in [7, 11) is 4.04. The van der Waals surface area contributed by atoms with E-state index in [0.717, 1.165) is 32.6 Å². The fraction of sp³-hybridized carbons (Fsp3) is 0.917. The fourth-order valence-corrected chi connectivity index (χ4v) is 1.94. The van der Waals surface area contributed by atoms with Crippen molar-refractivity contribution in [3.63, 3.8) is 0 Å². The van der Waals surface area contributed by atoms with Gasteiger partial charge in [-0.3, -0.25) is 0 Å².